The Hall–Kier alpha value is -1.13. The molecule has 1 saturated heterocycles. The Labute approximate surface area is 108 Å². The minimum Gasteiger partial charge on any atom is -0.399 e. The fourth-order valence-electron chi connectivity index (χ4n) is 2.46. The SMILES string of the molecule is CC(C)N1CCN(Cc2cc(N)cc(F)c2)CC1. The molecule has 1 heterocycles. The average Bonchev–Trinajstić information content (AvgIpc) is 2.28. The maximum Gasteiger partial charge on any atom is 0.125 e. The largest absolute Gasteiger partial charge is 0.399 e. The van der Waals surface area contributed by atoms with Gasteiger partial charge in [-0.25, -0.2) is 4.39 Å². The minimum absolute atomic E-state index is 0.245. The van der Waals surface area contributed by atoms with Gasteiger partial charge in [-0.2, -0.15) is 0 Å². The fourth-order valence-corrected chi connectivity index (χ4v) is 2.46. The van der Waals surface area contributed by atoms with E-state index in [1.807, 2.05) is 6.07 Å². The summed E-state index contributed by atoms with van der Waals surface area (Å²) in [5.74, 6) is -0.245. The summed E-state index contributed by atoms with van der Waals surface area (Å²) in [5.41, 5.74) is 7.13. The van der Waals surface area contributed by atoms with Crippen molar-refractivity contribution < 1.29 is 4.39 Å². The maximum absolute atomic E-state index is 13.2. The number of nitrogens with two attached hydrogens (primary N) is 1. The topological polar surface area (TPSA) is 32.5 Å². The van der Waals surface area contributed by atoms with Gasteiger partial charge in [0.1, 0.15) is 5.82 Å². The van der Waals surface area contributed by atoms with Crippen LogP contribution < -0.4 is 5.73 Å². The Morgan fingerprint density at radius 2 is 1.83 bits per heavy atom. The van der Waals surface area contributed by atoms with E-state index in [1.54, 1.807) is 6.07 Å². The van der Waals surface area contributed by atoms with Crippen LogP contribution in [0.3, 0.4) is 0 Å². The molecule has 0 saturated carbocycles. The molecule has 18 heavy (non-hydrogen) atoms. The standard InChI is InChI=1S/C14H22FN3/c1-11(2)18-5-3-17(4-6-18)10-12-7-13(15)9-14(16)8-12/h7-9,11H,3-6,10,16H2,1-2H3. The summed E-state index contributed by atoms with van der Waals surface area (Å²) in [4.78, 5) is 4.82. The summed E-state index contributed by atoms with van der Waals surface area (Å²) in [6.07, 6.45) is 0. The predicted molar refractivity (Wildman–Crippen MR) is 72.8 cm³/mol. The van der Waals surface area contributed by atoms with Crippen molar-refractivity contribution in [1.82, 2.24) is 9.80 Å². The van der Waals surface area contributed by atoms with Crippen molar-refractivity contribution in [2.45, 2.75) is 26.4 Å². The molecule has 2 N–H and O–H groups in total. The number of piperazine rings is 1. The molecule has 0 aromatic heterocycles. The molecule has 1 aliphatic rings. The number of benzene rings is 1. The monoisotopic (exact) mass is 251 g/mol. The van der Waals surface area contributed by atoms with Gasteiger partial charge in [-0.3, -0.25) is 9.80 Å². The minimum atomic E-state index is -0.245. The summed E-state index contributed by atoms with van der Waals surface area (Å²) < 4.78 is 13.2. The number of rotatable bonds is 3. The zero-order valence-electron chi connectivity index (χ0n) is 11.2. The van der Waals surface area contributed by atoms with Crippen LogP contribution in [0.1, 0.15) is 19.4 Å². The second kappa shape index (κ2) is 5.67. The first-order valence-corrected chi connectivity index (χ1v) is 6.56. The summed E-state index contributed by atoms with van der Waals surface area (Å²) in [7, 11) is 0. The van der Waals surface area contributed by atoms with Gasteiger partial charge < -0.3 is 5.73 Å². The Balaban J connectivity index is 1.91. The van der Waals surface area contributed by atoms with Crippen molar-refractivity contribution >= 4 is 5.69 Å². The van der Waals surface area contributed by atoms with E-state index in [9.17, 15) is 4.39 Å². The first kappa shape index (κ1) is 13.3. The molecule has 0 atom stereocenters. The lowest BCUT2D eigenvalue weighted by Crippen LogP contribution is -2.48. The van der Waals surface area contributed by atoms with Gasteiger partial charge in [0.25, 0.3) is 0 Å². The lowest BCUT2D eigenvalue weighted by Gasteiger charge is -2.36. The van der Waals surface area contributed by atoms with Gasteiger partial charge in [0.2, 0.25) is 0 Å². The predicted octanol–water partition coefficient (Wildman–Crippen LogP) is 1.93. The Morgan fingerprint density at radius 1 is 1.17 bits per heavy atom. The zero-order chi connectivity index (χ0) is 13.1. The van der Waals surface area contributed by atoms with E-state index in [2.05, 4.69) is 23.6 Å². The highest BCUT2D eigenvalue weighted by atomic mass is 19.1. The van der Waals surface area contributed by atoms with Gasteiger partial charge in [0, 0.05) is 44.5 Å². The van der Waals surface area contributed by atoms with Gasteiger partial charge >= 0.3 is 0 Å². The Morgan fingerprint density at radius 3 is 2.39 bits per heavy atom. The fraction of sp³-hybridized carbons (Fsp3) is 0.571. The summed E-state index contributed by atoms with van der Waals surface area (Å²) in [6, 6.07) is 5.40. The highest BCUT2D eigenvalue weighted by Crippen LogP contribution is 2.14. The second-order valence-corrected chi connectivity index (χ2v) is 5.30. The number of halogens is 1. The number of hydrogen-bond acceptors (Lipinski definition) is 3. The third kappa shape index (κ3) is 3.43. The van der Waals surface area contributed by atoms with Gasteiger partial charge in [-0.1, -0.05) is 0 Å². The van der Waals surface area contributed by atoms with Crippen molar-refractivity contribution in [3.8, 4) is 0 Å². The molecular formula is C14H22FN3. The van der Waals surface area contributed by atoms with Crippen molar-refractivity contribution in [3.05, 3.63) is 29.6 Å². The Kier molecular flexibility index (Phi) is 4.19. The molecule has 0 radical (unpaired) electrons. The molecule has 4 heteroatoms. The van der Waals surface area contributed by atoms with Crippen molar-refractivity contribution in [2.75, 3.05) is 31.9 Å². The van der Waals surface area contributed by atoms with E-state index in [0.717, 1.165) is 38.3 Å². The van der Waals surface area contributed by atoms with Crippen molar-refractivity contribution in [1.29, 1.82) is 0 Å². The summed E-state index contributed by atoms with van der Waals surface area (Å²) in [6.45, 7) is 9.48. The van der Waals surface area contributed by atoms with Crippen LogP contribution in [0.2, 0.25) is 0 Å². The zero-order valence-corrected chi connectivity index (χ0v) is 11.2. The van der Waals surface area contributed by atoms with E-state index in [-0.39, 0.29) is 5.82 Å². The lowest BCUT2D eigenvalue weighted by molar-refractivity contribution is 0.104. The van der Waals surface area contributed by atoms with Gasteiger partial charge in [-0.05, 0) is 37.6 Å². The molecule has 0 amide bonds. The molecule has 1 fully saturated rings. The van der Waals surface area contributed by atoms with Crippen LogP contribution in [-0.2, 0) is 6.54 Å². The summed E-state index contributed by atoms with van der Waals surface area (Å²) >= 11 is 0. The Bertz CT molecular complexity index is 378. The molecule has 2 rings (SSSR count). The van der Waals surface area contributed by atoms with Crippen LogP contribution in [0.15, 0.2) is 18.2 Å². The van der Waals surface area contributed by atoms with Crippen molar-refractivity contribution in [2.24, 2.45) is 0 Å². The van der Waals surface area contributed by atoms with Gasteiger partial charge in [0.15, 0.2) is 0 Å². The molecular weight excluding hydrogens is 229 g/mol. The number of anilines is 1. The van der Waals surface area contributed by atoms with Gasteiger partial charge in [0.05, 0.1) is 0 Å². The molecule has 1 aromatic carbocycles. The van der Waals surface area contributed by atoms with Crippen molar-refractivity contribution in [3.63, 3.8) is 0 Å². The molecule has 1 aliphatic heterocycles. The molecule has 3 nitrogen and oxygen atoms in total. The van der Waals surface area contributed by atoms with Crippen LogP contribution >= 0.6 is 0 Å². The van der Waals surface area contributed by atoms with Crippen LogP contribution in [0, 0.1) is 5.82 Å². The van der Waals surface area contributed by atoms with E-state index < -0.39 is 0 Å². The quantitative estimate of drug-likeness (QED) is 0.833. The van der Waals surface area contributed by atoms with Gasteiger partial charge in [-0.15, -0.1) is 0 Å². The normalized spacial score (nSPS) is 18.4. The van der Waals surface area contributed by atoms with E-state index in [1.165, 1.54) is 6.07 Å². The third-order valence-electron chi connectivity index (χ3n) is 3.52. The lowest BCUT2D eigenvalue weighted by atomic mass is 10.1. The van der Waals surface area contributed by atoms with Crippen LogP contribution in [0.25, 0.3) is 0 Å². The highest BCUT2D eigenvalue weighted by molar-refractivity contribution is 5.41. The molecule has 100 valence electrons. The number of hydrogen-bond donors (Lipinski definition) is 1. The van der Waals surface area contributed by atoms with E-state index in [0.29, 0.717) is 11.7 Å². The van der Waals surface area contributed by atoms with E-state index >= 15 is 0 Å². The smallest absolute Gasteiger partial charge is 0.125 e. The van der Waals surface area contributed by atoms with E-state index in [4.69, 9.17) is 5.73 Å². The highest BCUT2D eigenvalue weighted by Gasteiger charge is 2.18. The summed E-state index contributed by atoms with van der Waals surface area (Å²) in [5, 5.41) is 0. The third-order valence-corrected chi connectivity index (χ3v) is 3.52. The first-order chi connectivity index (χ1) is 8.54. The first-order valence-electron chi connectivity index (χ1n) is 6.56. The molecule has 1 aromatic rings. The van der Waals surface area contributed by atoms with Crippen LogP contribution in [-0.4, -0.2) is 42.0 Å². The van der Waals surface area contributed by atoms with Crippen LogP contribution in [0.5, 0.6) is 0 Å². The molecule has 0 aliphatic carbocycles. The number of nitrogens with zero attached hydrogens (tertiary/aromatic N) is 2. The molecule has 0 spiro atoms. The average molecular weight is 251 g/mol. The maximum atomic E-state index is 13.2. The second-order valence-electron chi connectivity index (χ2n) is 5.30. The molecule has 0 unspecified atom stereocenters. The molecule has 0 bridgehead atoms. The van der Waals surface area contributed by atoms with Crippen LogP contribution in [0.4, 0.5) is 10.1 Å². The number of nitrogen functional groups attached to an aromatic ring is 1.